The first-order valence-corrected chi connectivity index (χ1v) is 10.9. The Balaban J connectivity index is 0.00000306. The topological polar surface area (TPSA) is 119 Å². The van der Waals surface area contributed by atoms with E-state index in [1.165, 1.54) is 0 Å². The number of likely N-dealkylation sites (N-methyl/N-ethyl adjacent to an activating group) is 1. The third-order valence-electron chi connectivity index (χ3n) is 5.20. The Kier molecular flexibility index (Phi) is 7.53. The fraction of sp³-hybridized carbons (Fsp3) is 0.273. The van der Waals surface area contributed by atoms with Gasteiger partial charge in [0.15, 0.2) is 22.8 Å². The van der Waals surface area contributed by atoms with Crippen LogP contribution in [0.3, 0.4) is 0 Å². The van der Waals surface area contributed by atoms with Crippen molar-refractivity contribution in [2.24, 2.45) is 5.73 Å². The second kappa shape index (κ2) is 10.0. The van der Waals surface area contributed by atoms with Crippen molar-refractivity contribution in [3.8, 4) is 17.1 Å². The molecular formula is C22H25BrClN7O2. The summed E-state index contributed by atoms with van der Waals surface area (Å²) in [5.74, 6) is 1.17. The summed E-state index contributed by atoms with van der Waals surface area (Å²) >= 11 is 3.56. The van der Waals surface area contributed by atoms with Crippen LogP contribution in [0.15, 0.2) is 46.9 Å². The lowest BCUT2D eigenvalue weighted by molar-refractivity contribution is -0.126. The highest BCUT2D eigenvalue weighted by Crippen LogP contribution is 2.30. The lowest BCUT2D eigenvalue weighted by Gasteiger charge is -2.24. The number of rotatable bonds is 7. The fourth-order valence-electron chi connectivity index (χ4n) is 3.38. The molecule has 4 rings (SSSR count). The molecule has 174 valence electrons. The van der Waals surface area contributed by atoms with Gasteiger partial charge in [-0.15, -0.1) is 17.5 Å². The van der Waals surface area contributed by atoms with Crippen molar-refractivity contribution in [1.29, 1.82) is 0 Å². The van der Waals surface area contributed by atoms with Gasteiger partial charge >= 0.3 is 0 Å². The maximum absolute atomic E-state index is 13.0. The number of ether oxygens (including phenoxy) is 1. The molecule has 2 aromatic heterocycles. The summed E-state index contributed by atoms with van der Waals surface area (Å²) < 4.78 is 7.58. The third-order valence-corrected chi connectivity index (χ3v) is 5.84. The summed E-state index contributed by atoms with van der Waals surface area (Å²) in [6.45, 7) is 2.69. The largest absolute Gasteiger partial charge is 0.497 e. The van der Waals surface area contributed by atoms with Crippen molar-refractivity contribution in [2.75, 3.05) is 27.2 Å². The maximum Gasteiger partial charge on any atom is 0.247 e. The van der Waals surface area contributed by atoms with Crippen LogP contribution >= 0.6 is 28.3 Å². The van der Waals surface area contributed by atoms with E-state index in [9.17, 15) is 4.79 Å². The van der Waals surface area contributed by atoms with E-state index in [1.807, 2.05) is 49.5 Å². The van der Waals surface area contributed by atoms with Crippen LogP contribution in [0, 0.1) is 0 Å². The standard InChI is InChI=1S/C22H24BrN7O2.ClH/c1-22(24,21(31)26-12-11-25-2)20-27-17-15(5-4-6-16(17)23)19-28-18(29-30(19)20)13-7-9-14(32-3)10-8-13;/h4-10,25H,11-12,24H2,1-3H3,(H,26,31);1H/t22-;/m0./s1. The molecule has 0 aliphatic carbocycles. The van der Waals surface area contributed by atoms with Crippen LogP contribution in [0.1, 0.15) is 12.7 Å². The number of hydrogen-bond acceptors (Lipinski definition) is 7. The molecule has 2 heterocycles. The summed E-state index contributed by atoms with van der Waals surface area (Å²) in [6, 6.07) is 13.2. The van der Waals surface area contributed by atoms with Gasteiger partial charge in [-0.05, 0) is 66.3 Å². The van der Waals surface area contributed by atoms with Gasteiger partial charge in [0, 0.05) is 28.5 Å². The Morgan fingerprint density at radius 3 is 2.58 bits per heavy atom. The van der Waals surface area contributed by atoms with E-state index in [-0.39, 0.29) is 18.3 Å². The molecular weight excluding hydrogens is 510 g/mol. The average molecular weight is 535 g/mol. The van der Waals surface area contributed by atoms with Crippen LogP contribution < -0.4 is 21.1 Å². The number of para-hydroxylation sites is 1. The normalized spacial score (nSPS) is 12.9. The zero-order valence-electron chi connectivity index (χ0n) is 18.4. The monoisotopic (exact) mass is 533 g/mol. The number of nitrogens with two attached hydrogens (primary N) is 1. The molecule has 0 bridgehead atoms. The summed E-state index contributed by atoms with van der Waals surface area (Å²) in [5.41, 5.74) is 7.13. The maximum atomic E-state index is 13.0. The average Bonchev–Trinajstić information content (AvgIpc) is 3.24. The van der Waals surface area contributed by atoms with Crippen molar-refractivity contribution in [1.82, 2.24) is 30.2 Å². The van der Waals surface area contributed by atoms with Crippen molar-refractivity contribution < 1.29 is 9.53 Å². The number of aromatic nitrogens is 4. The highest BCUT2D eigenvalue weighted by molar-refractivity contribution is 9.10. The van der Waals surface area contributed by atoms with Crippen LogP contribution in [-0.2, 0) is 10.3 Å². The Morgan fingerprint density at radius 2 is 1.91 bits per heavy atom. The molecule has 2 aromatic carbocycles. The van der Waals surface area contributed by atoms with Crippen molar-refractivity contribution in [3.05, 3.63) is 52.8 Å². The van der Waals surface area contributed by atoms with E-state index in [4.69, 9.17) is 20.4 Å². The fourth-order valence-corrected chi connectivity index (χ4v) is 3.84. The number of nitrogens with one attached hydrogen (secondary N) is 2. The van der Waals surface area contributed by atoms with E-state index in [2.05, 4.69) is 31.7 Å². The molecule has 33 heavy (non-hydrogen) atoms. The minimum Gasteiger partial charge on any atom is -0.497 e. The molecule has 4 N–H and O–H groups in total. The van der Waals surface area contributed by atoms with E-state index in [0.29, 0.717) is 35.9 Å². The van der Waals surface area contributed by atoms with Gasteiger partial charge in [0.2, 0.25) is 5.91 Å². The SMILES string of the molecule is CNCCNC(=O)[C@@](C)(N)c1nc2c(Br)cccc2c2nc(-c3ccc(OC)cc3)nn12.Cl. The molecule has 0 aliphatic rings. The van der Waals surface area contributed by atoms with Gasteiger partial charge in [0.25, 0.3) is 0 Å². The molecule has 1 atom stereocenters. The second-order valence-corrected chi connectivity index (χ2v) is 8.39. The smallest absolute Gasteiger partial charge is 0.247 e. The molecule has 11 heteroatoms. The van der Waals surface area contributed by atoms with E-state index in [1.54, 1.807) is 18.5 Å². The summed E-state index contributed by atoms with van der Waals surface area (Å²) in [7, 11) is 3.43. The number of halogens is 2. The Bertz CT molecular complexity index is 1290. The van der Waals surface area contributed by atoms with Gasteiger partial charge in [0.1, 0.15) is 5.75 Å². The first-order chi connectivity index (χ1) is 15.4. The summed E-state index contributed by atoms with van der Waals surface area (Å²) in [4.78, 5) is 22.5. The van der Waals surface area contributed by atoms with E-state index >= 15 is 0 Å². The molecule has 0 spiro atoms. The lowest BCUT2D eigenvalue weighted by Crippen LogP contribution is -2.51. The number of amides is 1. The van der Waals surface area contributed by atoms with Crippen molar-refractivity contribution in [3.63, 3.8) is 0 Å². The van der Waals surface area contributed by atoms with Crippen LogP contribution in [0.25, 0.3) is 27.9 Å². The van der Waals surface area contributed by atoms with Crippen LogP contribution in [0.4, 0.5) is 0 Å². The minimum absolute atomic E-state index is 0. The molecule has 0 saturated heterocycles. The number of carbonyl (C=O) groups excluding carboxylic acids is 1. The number of benzene rings is 2. The van der Waals surface area contributed by atoms with E-state index < -0.39 is 5.54 Å². The highest BCUT2D eigenvalue weighted by atomic mass is 79.9. The quantitative estimate of drug-likeness (QED) is 0.312. The number of nitrogens with zero attached hydrogens (tertiary/aromatic N) is 4. The van der Waals surface area contributed by atoms with E-state index in [0.717, 1.165) is 21.2 Å². The van der Waals surface area contributed by atoms with Gasteiger partial charge in [-0.1, -0.05) is 6.07 Å². The molecule has 0 unspecified atom stereocenters. The summed E-state index contributed by atoms with van der Waals surface area (Å²) in [5, 5.41) is 11.3. The predicted molar refractivity (Wildman–Crippen MR) is 134 cm³/mol. The molecule has 1 amide bonds. The van der Waals surface area contributed by atoms with Crippen LogP contribution in [0.2, 0.25) is 0 Å². The molecule has 0 saturated carbocycles. The molecule has 9 nitrogen and oxygen atoms in total. The first kappa shape index (κ1) is 24.8. The second-order valence-electron chi connectivity index (χ2n) is 7.53. The molecule has 0 radical (unpaired) electrons. The zero-order chi connectivity index (χ0) is 22.9. The minimum atomic E-state index is -1.44. The molecule has 4 aromatic rings. The van der Waals surface area contributed by atoms with Gasteiger partial charge in [-0.25, -0.2) is 9.97 Å². The van der Waals surface area contributed by atoms with Gasteiger partial charge in [0.05, 0.1) is 12.6 Å². The number of hydrogen-bond donors (Lipinski definition) is 3. The zero-order valence-corrected chi connectivity index (χ0v) is 20.8. The number of carbonyl (C=O) groups is 1. The van der Waals surface area contributed by atoms with Gasteiger partial charge < -0.3 is 21.1 Å². The van der Waals surface area contributed by atoms with Crippen molar-refractivity contribution in [2.45, 2.75) is 12.5 Å². The Labute approximate surface area is 205 Å². The molecule has 0 fully saturated rings. The van der Waals surface area contributed by atoms with Gasteiger partial charge in [-0.3, -0.25) is 4.79 Å². The van der Waals surface area contributed by atoms with Crippen LogP contribution in [-0.4, -0.2) is 52.7 Å². The Hall–Kier alpha value is -2.79. The van der Waals surface area contributed by atoms with Crippen molar-refractivity contribution >= 4 is 50.8 Å². The van der Waals surface area contributed by atoms with Crippen LogP contribution in [0.5, 0.6) is 5.75 Å². The van der Waals surface area contributed by atoms with Gasteiger partial charge in [-0.2, -0.15) is 4.52 Å². The summed E-state index contributed by atoms with van der Waals surface area (Å²) in [6.07, 6.45) is 0. The molecule has 0 aliphatic heterocycles. The lowest BCUT2D eigenvalue weighted by atomic mass is 10.0. The first-order valence-electron chi connectivity index (χ1n) is 10.1. The number of methoxy groups -OCH3 is 1. The third kappa shape index (κ3) is 4.65. The Morgan fingerprint density at radius 1 is 1.18 bits per heavy atom. The predicted octanol–water partition coefficient (Wildman–Crippen LogP) is 2.65. The number of fused-ring (bicyclic) bond motifs is 3. The highest BCUT2D eigenvalue weighted by Gasteiger charge is 2.36.